The molecular formula is C33H26BrClF3N3O3S. The molecule has 4 aromatic carbocycles. The fraction of sp³-hybridized carbons (Fsp3) is 0.121. The van der Waals surface area contributed by atoms with Crippen molar-refractivity contribution in [1.82, 2.24) is 5.32 Å². The molecule has 4 rings (SSSR count). The molecule has 0 spiro atoms. The van der Waals surface area contributed by atoms with Crippen LogP contribution < -0.4 is 16.0 Å². The molecule has 0 saturated carbocycles. The Hall–Kier alpha value is -4.06. The van der Waals surface area contributed by atoms with E-state index in [9.17, 15) is 27.6 Å². The molecule has 0 heterocycles. The lowest BCUT2D eigenvalue weighted by atomic mass is 10.1. The minimum absolute atomic E-state index is 0.00351. The van der Waals surface area contributed by atoms with Crippen LogP contribution >= 0.6 is 39.3 Å². The van der Waals surface area contributed by atoms with Gasteiger partial charge in [-0.1, -0.05) is 70.9 Å². The van der Waals surface area contributed by atoms with E-state index >= 15 is 0 Å². The van der Waals surface area contributed by atoms with Crippen LogP contribution in [0.1, 0.15) is 34.8 Å². The third-order valence-electron chi connectivity index (χ3n) is 6.27. The van der Waals surface area contributed by atoms with Crippen molar-refractivity contribution in [3.05, 3.63) is 129 Å². The molecule has 1 atom stereocenters. The first kappa shape index (κ1) is 33.8. The van der Waals surface area contributed by atoms with Crippen molar-refractivity contribution >= 4 is 74.5 Å². The van der Waals surface area contributed by atoms with Gasteiger partial charge >= 0.3 is 6.18 Å². The van der Waals surface area contributed by atoms with Crippen molar-refractivity contribution in [3.63, 3.8) is 0 Å². The predicted molar refractivity (Wildman–Crippen MR) is 176 cm³/mol. The van der Waals surface area contributed by atoms with E-state index in [1.165, 1.54) is 11.8 Å². The average molecular weight is 717 g/mol. The molecule has 3 N–H and O–H groups in total. The number of hydrogen-bond acceptors (Lipinski definition) is 4. The normalized spacial score (nSPS) is 12.3. The van der Waals surface area contributed by atoms with E-state index in [4.69, 9.17) is 11.6 Å². The number of amides is 3. The Bertz CT molecular complexity index is 1740. The van der Waals surface area contributed by atoms with Crippen LogP contribution in [0.25, 0.3) is 6.08 Å². The predicted octanol–water partition coefficient (Wildman–Crippen LogP) is 9.04. The molecule has 232 valence electrons. The van der Waals surface area contributed by atoms with Gasteiger partial charge in [0.25, 0.3) is 11.8 Å². The van der Waals surface area contributed by atoms with Crippen LogP contribution in [0.3, 0.4) is 0 Å². The van der Waals surface area contributed by atoms with Gasteiger partial charge in [-0.25, -0.2) is 0 Å². The summed E-state index contributed by atoms with van der Waals surface area (Å²) in [7, 11) is 0. The summed E-state index contributed by atoms with van der Waals surface area (Å²) < 4.78 is 40.3. The van der Waals surface area contributed by atoms with Gasteiger partial charge in [0.2, 0.25) is 5.91 Å². The number of carbonyl (C=O) groups excluding carboxylic acids is 3. The molecule has 0 fully saturated rings. The fourth-order valence-corrected chi connectivity index (χ4v) is 5.64. The number of alkyl halides is 3. The summed E-state index contributed by atoms with van der Waals surface area (Å²) in [6.45, 7) is 1.77. The molecule has 12 heteroatoms. The summed E-state index contributed by atoms with van der Waals surface area (Å²) in [6.07, 6.45) is -2.68. The zero-order valence-corrected chi connectivity index (χ0v) is 26.8. The number of rotatable bonds is 10. The zero-order valence-electron chi connectivity index (χ0n) is 23.6. The van der Waals surface area contributed by atoms with Crippen molar-refractivity contribution in [2.75, 3.05) is 10.6 Å². The minimum atomic E-state index is -4.59. The largest absolute Gasteiger partial charge is 0.416 e. The first-order valence-electron chi connectivity index (χ1n) is 13.5. The van der Waals surface area contributed by atoms with Crippen LogP contribution in [0.4, 0.5) is 24.5 Å². The number of anilines is 2. The maximum atomic E-state index is 13.4. The quantitative estimate of drug-likeness (QED) is 0.113. The standard InChI is InChI=1S/C33H26BrClF3N3O3S/c1-2-29(32(44)40-27-18-22(33(36,37)38)14-15-26(27)35)45-25-13-7-12-24(19-25)39-31(43)28(17-20-8-6-11-23(34)16-20)41-30(42)21-9-4-3-5-10-21/h3-19,29H,2H2,1H3,(H,39,43)(H,40,44)(H,41,42)/b28-17+. The molecule has 0 saturated heterocycles. The molecule has 0 aromatic heterocycles. The van der Waals surface area contributed by atoms with Gasteiger partial charge in [0.05, 0.1) is 21.5 Å². The summed E-state index contributed by atoms with van der Waals surface area (Å²) in [4.78, 5) is 40.0. The number of hydrogen-bond donors (Lipinski definition) is 3. The SMILES string of the molecule is CCC(Sc1cccc(NC(=O)/C(=C\c2cccc(Br)c2)NC(=O)c2ccccc2)c1)C(=O)Nc1cc(C(F)(F)F)ccc1Cl. The highest BCUT2D eigenvalue weighted by molar-refractivity contribution is 9.10. The Kier molecular flexibility index (Phi) is 11.5. The summed E-state index contributed by atoms with van der Waals surface area (Å²) in [5.41, 5.74) is 0.376. The Labute approximate surface area is 275 Å². The van der Waals surface area contributed by atoms with E-state index in [0.717, 1.165) is 22.7 Å². The van der Waals surface area contributed by atoms with Gasteiger partial charge < -0.3 is 16.0 Å². The average Bonchev–Trinajstić information content (AvgIpc) is 3.00. The highest BCUT2D eigenvalue weighted by Crippen LogP contribution is 2.35. The van der Waals surface area contributed by atoms with Crippen LogP contribution in [0, 0.1) is 0 Å². The maximum absolute atomic E-state index is 13.4. The van der Waals surface area contributed by atoms with Gasteiger partial charge in [-0.2, -0.15) is 13.2 Å². The highest BCUT2D eigenvalue weighted by atomic mass is 79.9. The van der Waals surface area contributed by atoms with E-state index < -0.39 is 34.7 Å². The van der Waals surface area contributed by atoms with Crippen molar-refractivity contribution in [1.29, 1.82) is 0 Å². The monoisotopic (exact) mass is 715 g/mol. The molecule has 1 unspecified atom stereocenters. The van der Waals surface area contributed by atoms with Gasteiger partial charge in [-0.05, 0) is 78.7 Å². The van der Waals surface area contributed by atoms with Gasteiger partial charge in [0.1, 0.15) is 5.70 Å². The first-order chi connectivity index (χ1) is 21.4. The van der Waals surface area contributed by atoms with Crippen molar-refractivity contribution in [2.24, 2.45) is 0 Å². The van der Waals surface area contributed by atoms with Crippen LogP contribution in [0.15, 0.2) is 112 Å². The van der Waals surface area contributed by atoms with E-state index in [-0.39, 0.29) is 16.4 Å². The van der Waals surface area contributed by atoms with Crippen molar-refractivity contribution in [3.8, 4) is 0 Å². The smallest absolute Gasteiger partial charge is 0.324 e. The zero-order chi connectivity index (χ0) is 32.6. The summed E-state index contributed by atoms with van der Waals surface area (Å²) in [6, 6.07) is 25.1. The minimum Gasteiger partial charge on any atom is -0.324 e. The van der Waals surface area contributed by atoms with Crippen LogP contribution in [0.5, 0.6) is 0 Å². The number of thioether (sulfide) groups is 1. The number of nitrogens with one attached hydrogen (secondary N) is 3. The Balaban J connectivity index is 1.50. The van der Waals surface area contributed by atoms with Crippen LogP contribution in [0.2, 0.25) is 5.02 Å². The molecule has 0 radical (unpaired) electrons. The van der Waals surface area contributed by atoms with Gasteiger partial charge in [0, 0.05) is 20.6 Å². The Morgan fingerprint density at radius 2 is 1.64 bits per heavy atom. The number of carbonyl (C=O) groups is 3. The first-order valence-corrected chi connectivity index (χ1v) is 15.6. The van der Waals surface area contributed by atoms with E-state index in [2.05, 4.69) is 31.9 Å². The second-order valence-corrected chi connectivity index (χ2v) is 12.2. The number of benzene rings is 4. The number of halogens is 5. The Morgan fingerprint density at radius 1 is 0.911 bits per heavy atom. The second kappa shape index (κ2) is 15.3. The molecule has 4 aromatic rings. The molecule has 0 aliphatic heterocycles. The van der Waals surface area contributed by atoms with E-state index in [1.807, 2.05) is 6.07 Å². The maximum Gasteiger partial charge on any atom is 0.416 e. The van der Waals surface area contributed by atoms with Gasteiger partial charge in [-0.15, -0.1) is 11.8 Å². The molecular weight excluding hydrogens is 691 g/mol. The third-order valence-corrected chi connectivity index (χ3v) is 8.45. The van der Waals surface area contributed by atoms with Crippen molar-refractivity contribution in [2.45, 2.75) is 29.7 Å². The molecule has 6 nitrogen and oxygen atoms in total. The lowest BCUT2D eigenvalue weighted by Gasteiger charge is -2.17. The Morgan fingerprint density at radius 3 is 2.33 bits per heavy atom. The summed E-state index contributed by atoms with van der Waals surface area (Å²) in [5.74, 6) is -1.57. The van der Waals surface area contributed by atoms with E-state index in [1.54, 1.807) is 85.8 Å². The molecule has 0 aliphatic rings. The topological polar surface area (TPSA) is 87.3 Å². The molecule has 45 heavy (non-hydrogen) atoms. The fourth-order valence-electron chi connectivity index (χ4n) is 4.05. The summed E-state index contributed by atoms with van der Waals surface area (Å²) in [5, 5.41) is 7.28. The van der Waals surface area contributed by atoms with Crippen LogP contribution in [-0.4, -0.2) is 23.0 Å². The second-order valence-electron chi connectivity index (χ2n) is 9.61. The molecule has 0 bridgehead atoms. The summed E-state index contributed by atoms with van der Waals surface area (Å²) >= 11 is 10.6. The lowest BCUT2D eigenvalue weighted by molar-refractivity contribution is -0.137. The lowest BCUT2D eigenvalue weighted by Crippen LogP contribution is -2.30. The van der Waals surface area contributed by atoms with Crippen LogP contribution in [-0.2, 0) is 15.8 Å². The highest BCUT2D eigenvalue weighted by Gasteiger charge is 2.31. The third kappa shape index (κ3) is 9.71. The van der Waals surface area contributed by atoms with E-state index in [0.29, 0.717) is 28.1 Å². The van der Waals surface area contributed by atoms with Crippen molar-refractivity contribution < 1.29 is 27.6 Å². The molecule has 0 aliphatic carbocycles. The van der Waals surface area contributed by atoms with Gasteiger partial charge in [-0.3, -0.25) is 14.4 Å². The van der Waals surface area contributed by atoms with Gasteiger partial charge in [0.15, 0.2) is 0 Å². The molecule has 3 amide bonds.